The van der Waals surface area contributed by atoms with Crippen molar-refractivity contribution in [3.05, 3.63) is 29.8 Å². The van der Waals surface area contributed by atoms with Gasteiger partial charge in [0.25, 0.3) is 0 Å². The van der Waals surface area contributed by atoms with Crippen LogP contribution in [0.2, 0.25) is 0 Å². The maximum absolute atomic E-state index is 11.9. The second-order valence-electron chi connectivity index (χ2n) is 6.17. The van der Waals surface area contributed by atoms with Gasteiger partial charge >= 0.3 is 6.03 Å². The summed E-state index contributed by atoms with van der Waals surface area (Å²) in [6.07, 6.45) is 0.0224. The van der Waals surface area contributed by atoms with Crippen LogP contribution in [0.3, 0.4) is 0 Å². The fraction of sp³-hybridized carbons (Fsp3) is 0.529. The third-order valence-corrected chi connectivity index (χ3v) is 3.61. The first-order valence-electron chi connectivity index (χ1n) is 7.96. The number of urea groups is 1. The van der Waals surface area contributed by atoms with Crippen LogP contribution in [0.15, 0.2) is 24.3 Å². The fourth-order valence-electron chi connectivity index (χ4n) is 2.60. The van der Waals surface area contributed by atoms with Crippen LogP contribution < -0.4 is 10.6 Å². The summed E-state index contributed by atoms with van der Waals surface area (Å²) in [6, 6.07) is 8.54. The number of carbonyl (C=O) groups excluding carboxylic acids is 1. The minimum atomic E-state index is -0.265. The third-order valence-electron chi connectivity index (χ3n) is 3.61. The van der Waals surface area contributed by atoms with Crippen LogP contribution in [0.1, 0.15) is 19.4 Å². The molecule has 1 aromatic carbocycles. The normalized spacial score (nSPS) is 18.4. The number of hydrogen-bond donors (Lipinski definition) is 2. The first kappa shape index (κ1) is 17.3. The number of benzene rings is 1. The smallest absolute Gasteiger partial charge is 0.319 e. The zero-order chi connectivity index (χ0) is 16.7. The molecular weight excluding hydrogens is 292 g/mol. The average molecular weight is 316 g/mol. The largest absolute Gasteiger partial charge is 0.374 e. The Bertz CT molecular complexity index is 551. The summed E-state index contributed by atoms with van der Waals surface area (Å²) >= 11 is 0. The van der Waals surface area contributed by atoms with Gasteiger partial charge in [-0.2, -0.15) is 5.26 Å². The van der Waals surface area contributed by atoms with Gasteiger partial charge in [-0.25, -0.2) is 4.79 Å². The van der Waals surface area contributed by atoms with E-state index in [4.69, 9.17) is 10.00 Å². The number of nitriles is 1. The van der Waals surface area contributed by atoms with Gasteiger partial charge in [0.2, 0.25) is 0 Å². The second-order valence-corrected chi connectivity index (χ2v) is 6.17. The zero-order valence-electron chi connectivity index (χ0n) is 13.7. The van der Waals surface area contributed by atoms with Crippen LogP contribution in [0.5, 0.6) is 0 Å². The van der Waals surface area contributed by atoms with Crippen LogP contribution in [0.4, 0.5) is 10.5 Å². The van der Waals surface area contributed by atoms with Gasteiger partial charge < -0.3 is 15.4 Å². The molecular formula is C17H24N4O2. The number of nitrogens with one attached hydrogen (secondary N) is 2. The Morgan fingerprint density at radius 2 is 2.17 bits per heavy atom. The Balaban J connectivity index is 1.74. The molecule has 6 heteroatoms. The monoisotopic (exact) mass is 316 g/mol. The van der Waals surface area contributed by atoms with Crippen molar-refractivity contribution in [3.63, 3.8) is 0 Å². The summed E-state index contributed by atoms with van der Waals surface area (Å²) in [7, 11) is 0. The van der Waals surface area contributed by atoms with E-state index in [2.05, 4.69) is 29.4 Å². The van der Waals surface area contributed by atoms with E-state index < -0.39 is 0 Å². The highest BCUT2D eigenvalue weighted by molar-refractivity contribution is 5.89. The van der Waals surface area contributed by atoms with Crippen molar-refractivity contribution in [2.24, 2.45) is 5.92 Å². The quantitative estimate of drug-likeness (QED) is 0.871. The van der Waals surface area contributed by atoms with Gasteiger partial charge in [-0.05, 0) is 30.2 Å². The molecule has 1 heterocycles. The van der Waals surface area contributed by atoms with Gasteiger partial charge in [-0.3, -0.25) is 4.90 Å². The predicted octanol–water partition coefficient (Wildman–Crippen LogP) is 2.04. The Hall–Kier alpha value is -2.10. The molecule has 0 aliphatic carbocycles. The molecule has 2 rings (SSSR count). The van der Waals surface area contributed by atoms with Crippen molar-refractivity contribution >= 4 is 11.7 Å². The lowest BCUT2D eigenvalue weighted by Gasteiger charge is -2.33. The Kier molecular flexibility index (Phi) is 6.39. The number of hydrogen-bond acceptors (Lipinski definition) is 4. The van der Waals surface area contributed by atoms with E-state index in [0.717, 1.165) is 19.6 Å². The molecule has 2 amide bonds. The van der Waals surface area contributed by atoms with E-state index in [1.807, 2.05) is 6.07 Å². The Morgan fingerprint density at radius 1 is 1.43 bits per heavy atom. The molecule has 0 bridgehead atoms. The van der Waals surface area contributed by atoms with Crippen molar-refractivity contribution in [2.45, 2.75) is 20.0 Å². The Labute approximate surface area is 137 Å². The van der Waals surface area contributed by atoms with E-state index in [-0.39, 0.29) is 12.1 Å². The van der Waals surface area contributed by atoms with Gasteiger partial charge in [0.1, 0.15) is 0 Å². The predicted molar refractivity (Wildman–Crippen MR) is 89.2 cm³/mol. The van der Waals surface area contributed by atoms with Crippen LogP contribution in [0.25, 0.3) is 0 Å². The van der Waals surface area contributed by atoms with Gasteiger partial charge in [0.15, 0.2) is 0 Å². The lowest BCUT2D eigenvalue weighted by atomic mass is 10.2. The number of ether oxygens (including phenoxy) is 1. The van der Waals surface area contributed by atoms with Crippen molar-refractivity contribution < 1.29 is 9.53 Å². The minimum absolute atomic E-state index is 0.0224. The summed E-state index contributed by atoms with van der Waals surface area (Å²) < 4.78 is 5.70. The molecule has 1 atom stereocenters. The van der Waals surface area contributed by atoms with E-state index in [1.54, 1.807) is 24.3 Å². The lowest BCUT2D eigenvalue weighted by molar-refractivity contribution is -0.0288. The van der Waals surface area contributed by atoms with E-state index >= 15 is 0 Å². The molecule has 6 nitrogen and oxygen atoms in total. The molecule has 1 aliphatic rings. The molecule has 1 unspecified atom stereocenters. The second kappa shape index (κ2) is 8.51. The number of morpholine rings is 1. The summed E-state index contributed by atoms with van der Waals surface area (Å²) in [5.74, 6) is 0.626. The van der Waals surface area contributed by atoms with E-state index in [0.29, 0.717) is 30.3 Å². The summed E-state index contributed by atoms with van der Waals surface area (Å²) in [4.78, 5) is 14.3. The summed E-state index contributed by atoms with van der Waals surface area (Å²) in [6.45, 7) is 8.44. The fourth-order valence-corrected chi connectivity index (χ4v) is 2.60. The SMILES string of the molecule is CC(C)CN1CCOC(CNC(=O)Nc2ccc(C#N)cc2)C1. The molecule has 0 saturated carbocycles. The van der Waals surface area contributed by atoms with E-state index in [1.165, 1.54) is 0 Å². The molecule has 1 aliphatic heterocycles. The number of anilines is 1. The van der Waals surface area contributed by atoms with Crippen LogP contribution >= 0.6 is 0 Å². The summed E-state index contributed by atoms with van der Waals surface area (Å²) in [5, 5.41) is 14.3. The van der Waals surface area contributed by atoms with Crippen molar-refractivity contribution in [3.8, 4) is 6.07 Å². The van der Waals surface area contributed by atoms with Crippen molar-refractivity contribution in [1.29, 1.82) is 5.26 Å². The molecule has 1 aromatic rings. The molecule has 2 N–H and O–H groups in total. The summed E-state index contributed by atoms with van der Waals surface area (Å²) in [5.41, 5.74) is 1.23. The maximum Gasteiger partial charge on any atom is 0.319 e. The minimum Gasteiger partial charge on any atom is -0.374 e. The number of amides is 2. The Morgan fingerprint density at radius 3 is 2.83 bits per heavy atom. The number of nitrogens with zero attached hydrogens (tertiary/aromatic N) is 2. The lowest BCUT2D eigenvalue weighted by Crippen LogP contribution is -2.48. The van der Waals surface area contributed by atoms with Crippen LogP contribution in [-0.2, 0) is 4.74 Å². The van der Waals surface area contributed by atoms with Crippen molar-refractivity contribution in [2.75, 3.05) is 38.1 Å². The molecule has 23 heavy (non-hydrogen) atoms. The highest BCUT2D eigenvalue weighted by Crippen LogP contribution is 2.09. The topological polar surface area (TPSA) is 77.4 Å². The average Bonchev–Trinajstić information content (AvgIpc) is 2.53. The number of rotatable bonds is 5. The molecule has 124 valence electrons. The van der Waals surface area contributed by atoms with Gasteiger partial charge in [-0.1, -0.05) is 13.8 Å². The highest BCUT2D eigenvalue weighted by atomic mass is 16.5. The van der Waals surface area contributed by atoms with Gasteiger partial charge in [0, 0.05) is 31.9 Å². The first-order chi connectivity index (χ1) is 11.1. The third kappa shape index (κ3) is 5.89. The molecule has 1 saturated heterocycles. The molecule has 1 fully saturated rings. The van der Waals surface area contributed by atoms with E-state index in [9.17, 15) is 4.79 Å². The maximum atomic E-state index is 11.9. The van der Waals surface area contributed by atoms with Gasteiger partial charge in [-0.15, -0.1) is 0 Å². The molecule has 0 radical (unpaired) electrons. The molecule has 0 aromatic heterocycles. The van der Waals surface area contributed by atoms with Crippen LogP contribution in [-0.4, -0.2) is 49.8 Å². The standard InChI is InChI=1S/C17H24N4O2/c1-13(2)11-21-7-8-23-16(12-21)10-19-17(22)20-15-5-3-14(9-18)4-6-15/h3-6,13,16H,7-8,10-12H2,1-2H3,(H2,19,20,22). The van der Waals surface area contributed by atoms with Gasteiger partial charge in [0.05, 0.1) is 24.3 Å². The van der Waals surface area contributed by atoms with Crippen molar-refractivity contribution in [1.82, 2.24) is 10.2 Å². The zero-order valence-corrected chi connectivity index (χ0v) is 13.7. The first-order valence-corrected chi connectivity index (χ1v) is 7.96. The highest BCUT2D eigenvalue weighted by Gasteiger charge is 2.21. The van der Waals surface area contributed by atoms with Crippen LogP contribution in [0, 0.1) is 17.2 Å². The molecule has 0 spiro atoms. The number of carbonyl (C=O) groups is 1.